The Bertz CT molecular complexity index is 2490. The molecule has 1 atom stereocenters. The van der Waals surface area contributed by atoms with Crippen LogP contribution in [0.25, 0.3) is 31.8 Å². The maximum Gasteiger partial charge on any atom is 0.408 e. The molecule has 0 amide bonds. The van der Waals surface area contributed by atoms with E-state index in [1.165, 1.54) is 49.2 Å². The van der Waals surface area contributed by atoms with Crippen LogP contribution in [0.15, 0.2) is 79.3 Å². The maximum atomic E-state index is 14.3. The molecule has 0 aliphatic carbocycles. The third-order valence-electron chi connectivity index (χ3n) is 10.8. The monoisotopic (exact) mass is 880 g/mol. The summed E-state index contributed by atoms with van der Waals surface area (Å²) in [5.41, 5.74) is 2.33. The van der Waals surface area contributed by atoms with E-state index < -0.39 is 36.0 Å². The van der Waals surface area contributed by atoms with E-state index in [-0.39, 0.29) is 18.2 Å². The van der Waals surface area contributed by atoms with Gasteiger partial charge in [-0.15, -0.1) is 11.3 Å². The number of alkyl halides is 3. The Morgan fingerprint density at radius 2 is 1.69 bits per heavy atom. The molecule has 0 N–H and O–H groups in total. The summed E-state index contributed by atoms with van der Waals surface area (Å²) in [4.78, 5) is 28.9. The van der Waals surface area contributed by atoms with Gasteiger partial charge in [0.2, 0.25) is 12.0 Å². The number of para-hydroxylation sites is 1. The lowest BCUT2D eigenvalue weighted by Crippen LogP contribution is -2.45. The Labute approximate surface area is 359 Å². The van der Waals surface area contributed by atoms with Gasteiger partial charge in [-0.2, -0.15) is 18.3 Å². The third kappa shape index (κ3) is 9.77. The largest absolute Gasteiger partial charge is 0.491 e. The minimum Gasteiger partial charge on any atom is -0.491 e. The number of hydrogen-bond acceptors (Lipinski definition) is 11. The van der Waals surface area contributed by atoms with Crippen LogP contribution in [-0.4, -0.2) is 101 Å². The Balaban J connectivity index is 1.26. The number of hydrogen-bond donors (Lipinski definition) is 0. The average Bonchev–Trinajstić information content (AvgIpc) is 3.85. The van der Waals surface area contributed by atoms with Crippen LogP contribution < -0.4 is 14.2 Å². The van der Waals surface area contributed by atoms with Crippen LogP contribution in [-0.2, 0) is 28.1 Å². The zero-order valence-electron chi connectivity index (χ0n) is 34.3. The second-order valence-corrected chi connectivity index (χ2v) is 16.7. The predicted octanol–water partition coefficient (Wildman–Crippen LogP) is 8.99. The smallest absolute Gasteiger partial charge is 0.408 e. The van der Waals surface area contributed by atoms with Crippen LogP contribution in [0.4, 0.5) is 17.6 Å². The number of ether oxygens (including phenoxy) is 4. The predicted molar refractivity (Wildman–Crippen MR) is 226 cm³/mol. The van der Waals surface area contributed by atoms with Gasteiger partial charge in [-0.05, 0) is 61.0 Å². The number of benzene rings is 3. The maximum absolute atomic E-state index is 14.3. The number of piperazine rings is 1. The molecule has 17 heteroatoms. The van der Waals surface area contributed by atoms with Gasteiger partial charge < -0.3 is 23.8 Å². The molecule has 1 aliphatic heterocycles. The van der Waals surface area contributed by atoms with E-state index in [2.05, 4.69) is 31.9 Å². The van der Waals surface area contributed by atoms with E-state index in [4.69, 9.17) is 30.5 Å². The van der Waals surface area contributed by atoms with Gasteiger partial charge in [-0.3, -0.25) is 9.58 Å². The summed E-state index contributed by atoms with van der Waals surface area (Å²) in [6.45, 7) is 9.07. The van der Waals surface area contributed by atoms with Gasteiger partial charge in [0.15, 0.2) is 0 Å². The molecule has 1 saturated heterocycles. The summed E-state index contributed by atoms with van der Waals surface area (Å²) < 4.78 is 79.1. The second-order valence-electron chi connectivity index (χ2n) is 15.3. The van der Waals surface area contributed by atoms with Crippen molar-refractivity contribution in [1.82, 2.24) is 29.5 Å². The van der Waals surface area contributed by atoms with Crippen LogP contribution in [0.1, 0.15) is 30.7 Å². The first-order valence-electron chi connectivity index (χ1n) is 19.6. The van der Waals surface area contributed by atoms with Crippen molar-refractivity contribution in [3.8, 4) is 38.9 Å². The van der Waals surface area contributed by atoms with Crippen molar-refractivity contribution in [3.05, 3.63) is 107 Å². The number of esters is 1. The molecule has 6 aromatic rings. The number of likely N-dealkylation sites (N-methyl/N-ethyl adjacent to an activating group) is 1. The summed E-state index contributed by atoms with van der Waals surface area (Å²) in [6.07, 6.45) is -3.20. The van der Waals surface area contributed by atoms with Gasteiger partial charge in [-0.25, -0.2) is 19.2 Å². The first kappa shape index (κ1) is 43.8. The lowest BCUT2D eigenvalue weighted by Gasteiger charge is -2.34. The fourth-order valence-electron chi connectivity index (χ4n) is 7.38. The average molecular weight is 881 g/mol. The third-order valence-corrected chi connectivity index (χ3v) is 12.4. The fourth-order valence-corrected chi connectivity index (χ4v) is 8.75. The van der Waals surface area contributed by atoms with E-state index in [0.717, 1.165) is 47.8 Å². The van der Waals surface area contributed by atoms with Crippen LogP contribution in [0.5, 0.6) is 17.4 Å². The second kappa shape index (κ2) is 18.4. The molecule has 0 radical (unpaired) electrons. The van der Waals surface area contributed by atoms with Crippen molar-refractivity contribution < 1.29 is 41.3 Å². The molecule has 0 bridgehead atoms. The normalized spacial score (nSPS) is 14.6. The van der Waals surface area contributed by atoms with E-state index in [0.29, 0.717) is 55.6 Å². The molecule has 7 rings (SSSR count). The van der Waals surface area contributed by atoms with Crippen molar-refractivity contribution in [2.75, 3.05) is 53.5 Å². The number of carbonyl (C=O) groups excluding carboxylic acids is 1. The van der Waals surface area contributed by atoms with Crippen molar-refractivity contribution in [2.24, 2.45) is 0 Å². The highest BCUT2D eigenvalue weighted by molar-refractivity contribution is 7.22. The molecule has 322 valence electrons. The summed E-state index contributed by atoms with van der Waals surface area (Å²) in [7, 11) is 3.36. The lowest BCUT2D eigenvalue weighted by atomic mass is 9.78. The van der Waals surface area contributed by atoms with Gasteiger partial charge in [0.25, 0.3) is 0 Å². The zero-order chi connectivity index (χ0) is 43.5. The minimum absolute atomic E-state index is 0.0746. The summed E-state index contributed by atoms with van der Waals surface area (Å²) in [6, 6.07) is 18.2. The summed E-state index contributed by atoms with van der Waals surface area (Å²) in [5.74, 6) is -0.200. The highest BCUT2D eigenvalue weighted by Gasteiger charge is 2.43. The number of thiophene rings is 1. The summed E-state index contributed by atoms with van der Waals surface area (Å²) in [5, 5.41) is 4.72. The molecule has 1 aliphatic rings. The molecule has 11 nitrogen and oxygen atoms in total. The summed E-state index contributed by atoms with van der Waals surface area (Å²) >= 11 is 8.41. The van der Waals surface area contributed by atoms with Gasteiger partial charge in [0.05, 0.1) is 23.2 Å². The number of rotatable bonds is 15. The number of carbonyl (C=O) groups is 1. The Morgan fingerprint density at radius 3 is 2.41 bits per heavy atom. The highest BCUT2D eigenvalue weighted by Crippen LogP contribution is 2.50. The number of fused-ring (bicyclic) bond motifs is 1. The Kier molecular flexibility index (Phi) is 13.2. The van der Waals surface area contributed by atoms with Crippen LogP contribution >= 0.6 is 22.9 Å². The molecule has 3 aromatic heterocycles. The van der Waals surface area contributed by atoms with Crippen molar-refractivity contribution in [3.63, 3.8) is 0 Å². The molecular weight excluding hydrogens is 836 g/mol. The van der Waals surface area contributed by atoms with Crippen molar-refractivity contribution in [1.29, 1.82) is 0 Å². The number of methoxy groups -OCH3 is 1. The standard InChI is InChI=1S/C44H45ClF4N6O5S/c1-27-31(14-15-34(37(27)45)58-23-22-54-20-18-53(4)19-21-54)35-36-40(50-26-51-41(36)61-38(35)28-10-12-29(46)13-11-28)60-39(42(56)57-5)43(2,3)32-8-6-7-9-33(32)59-24-30-16-17-52-55(30)25-44(47,48)49/h6-17,26,39H,18-25H2,1-5H3. The van der Waals surface area contributed by atoms with Gasteiger partial charge >= 0.3 is 12.1 Å². The molecule has 3 aromatic carbocycles. The molecule has 0 spiro atoms. The highest BCUT2D eigenvalue weighted by atomic mass is 35.5. The van der Waals surface area contributed by atoms with Gasteiger partial charge in [-0.1, -0.05) is 61.8 Å². The molecule has 0 saturated carbocycles. The topological polar surface area (TPSA) is 104 Å². The quantitative estimate of drug-likeness (QED) is 0.0734. The van der Waals surface area contributed by atoms with E-state index in [1.807, 2.05) is 19.1 Å². The molecule has 1 fully saturated rings. The minimum atomic E-state index is -4.48. The zero-order valence-corrected chi connectivity index (χ0v) is 35.8. The van der Waals surface area contributed by atoms with Gasteiger partial charge in [0.1, 0.15) is 48.2 Å². The van der Waals surface area contributed by atoms with E-state index in [9.17, 15) is 22.4 Å². The van der Waals surface area contributed by atoms with Crippen molar-refractivity contribution >= 4 is 39.1 Å². The molecule has 61 heavy (non-hydrogen) atoms. The van der Waals surface area contributed by atoms with Crippen LogP contribution in [0.3, 0.4) is 0 Å². The fraction of sp³-hybridized carbons (Fsp3) is 0.364. The lowest BCUT2D eigenvalue weighted by molar-refractivity contribution is -0.152. The number of halogens is 5. The number of nitrogens with zero attached hydrogens (tertiary/aromatic N) is 6. The van der Waals surface area contributed by atoms with Crippen molar-refractivity contribution in [2.45, 2.75) is 51.6 Å². The SMILES string of the molecule is COC(=O)C(Oc1ncnc2sc(-c3ccc(F)cc3)c(-c3ccc(OCCN4CCN(C)CC4)c(Cl)c3C)c12)C(C)(C)c1ccccc1OCc1ccnn1CC(F)(F)F. The molecule has 4 heterocycles. The number of aromatic nitrogens is 4. The van der Waals surface area contributed by atoms with Crippen LogP contribution in [0, 0.1) is 12.7 Å². The van der Waals surface area contributed by atoms with Gasteiger partial charge in [0, 0.05) is 60.3 Å². The molecular formula is C44H45ClF4N6O5S. The molecule has 1 unspecified atom stereocenters. The Morgan fingerprint density at radius 1 is 0.951 bits per heavy atom. The Hall–Kier alpha value is -5.29. The first-order valence-corrected chi connectivity index (χ1v) is 20.7. The van der Waals surface area contributed by atoms with E-state index in [1.54, 1.807) is 50.2 Å². The first-order chi connectivity index (χ1) is 29.1. The van der Waals surface area contributed by atoms with Crippen LogP contribution in [0.2, 0.25) is 5.02 Å². The van der Waals surface area contributed by atoms with E-state index >= 15 is 0 Å².